The largest absolute Gasteiger partial charge is 0.457 e. The van der Waals surface area contributed by atoms with Crippen LogP contribution in [0.4, 0.5) is 68.7 Å². The summed E-state index contributed by atoms with van der Waals surface area (Å²) in [5, 5.41) is 0. The molecule has 19 rings (SSSR count). The molecule has 2 atom stereocenters. The highest BCUT2D eigenvalue weighted by molar-refractivity contribution is 5.98. The molecular weight excluding hydrogens is 1350 g/mol. The molecule has 16 aromatic carbocycles. The maximum absolute atomic E-state index is 15.2. The molecule has 3 aliphatic rings. The molecule has 1 spiro atoms. The molecule has 0 aromatic heterocycles. The van der Waals surface area contributed by atoms with Crippen molar-refractivity contribution in [2.75, 3.05) is 14.7 Å². The Bertz CT molecular complexity index is 6150. The summed E-state index contributed by atoms with van der Waals surface area (Å²) in [6, 6.07) is 123. The topological polar surface area (TPSA) is 19.0 Å². The van der Waals surface area contributed by atoms with E-state index in [9.17, 15) is 4.39 Å². The van der Waals surface area contributed by atoms with Crippen molar-refractivity contribution in [3.8, 4) is 67.1 Å². The van der Waals surface area contributed by atoms with E-state index in [0.717, 1.165) is 146 Å². The highest BCUT2D eigenvalue weighted by Gasteiger charge is 2.52. The maximum Gasteiger partial charge on any atom is 0.127 e. The summed E-state index contributed by atoms with van der Waals surface area (Å²) >= 11 is 0. The second-order valence-electron chi connectivity index (χ2n) is 28.2. The van der Waals surface area contributed by atoms with Gasteiger partial charge >= 0.3 is 0 Å². The molecular formula is C101H67F4N3O. The second kappa shape index (κ2) is 26.6. The van der Waals surface area contributed by atoms with Crippen LogP contribution < -0.4 is 19.4 Å². The molecule has 4 nitrogen and oxygen atoms in total. The molecule has 3 aliphatic carbocycles. The van der Waals surface area contributed by atoms with Gasteiger partial charge in [0, 0.05) is 51.2 Å². The molecule has 0 radical (unpaired) electrons. The molecule has 2 unspecified atom stereocenters. The first kappa shape index (κ1) is 65.9. The van der Waals surface area contributed by atoms with Crippen LogP contribution in [0.1, 0.15) is 55.6 Å². The van der Waals surface area contributed by atoms with Gasteiger partial charge in [-0.3, -0.25) is 0 Å². The van der Waals surface area contributed by atoms with Gasteiger partial charge in [-0.05, 0) is 295 Å². The maximum atomic E-state index is 15.2. The minimum Gasteiger partial charge on any atom is -0.457 e. The van der Waals surface area contributed by atoms with E-state index in [1.807, 2.05) is 72.8 Å². The quantitative estimate of drug-likeness (QED) is 0.0898. The van der Waals surface area contributed by atoms with E-state index in [2.05, 4.69) is 265 Å². The van der Waals surface area contributed by atoms with Crippen LogP contribution in [0.25, 0.3) is 61.7 Å². The third-order valence-corrected chi connectivity index (χ3v) is 22.1. The van der Waals surface area contributed by atoms with Crippen molar-refractivity contribution in [3.63, 3.8) is 0 Å². The lowest BCUT2D eigenvalue weighted by atomic mass is 9.67. The normalized spacial score (nSPS) is 14.6. The summed E-state index contributed by atoms with van der Waals surface area (Å²) in [5.41, 5.74) is 27.4. The van der Waals surface area contributed by atoms with E-state index in [-0.39, 0.29) is 23.3 Å². The van der Waals surface area contributed by atoms with Gasteiger partial charge in [0.1, 0.15) is 34.8 Å². The molecule has 109 heavy (non-hydrogen) atoms. The highest BCUT2D eigenvalue weighted by Crippen LogP contribution is 2.65. The number of aryl methyl sites for hydroxylation is 1. The van der Waals surface area contributed by atoms with Crippen LogP contribution in [0.5, 0.6) is 11.5 Å². The number of benzene rings is 16. The predicted molar refractivity (Wildman–Crippen MR) is 436 cm³/mol. The first-order chi connectivity index (χ1) is 53.5. The summed E-state index contributed by atoms with van der Waals surface area (Å²) in [5.74, 6) is 0.0297. The van der Waals surface area contributed by atoms with Crippen LogP contribution in [0.3, 0.4) is 0 Å². The van der Waals surface area contributed by atoms with E-state index in [1.54, 1.807) is 18.2 Å². The molecule has 8 heteroatoms. The Kier molecular flexibility index (Phi) is 16.1. The Morgan fingerprint density at radius 3 is 0.853 bits per heavy atom. The van der Waals surface area contributed by atoms with Crippen LogP contribution in [0.15, 0.2) is 377 Å². The second-order valence-corrected chi connectivity index (χ2v) is 28.2. The molecule has 0 amide bonds. The molecule has 0 heterocycles. The van der Waals surface area contributed by atoms with Crippen molar-refractivity contribution in [2.45, 2.75) is 17.8 Å². The van der Waals surface area contributed by atoms with Crippen molar-refractivity contribution in [1.29, 1.82) is 0 Å². The summed E-state index contributed by atoms with van der Waals surface area (Å²) in [6.45, 7) is 5.99. The minimum atomic E-state index is -0.904. The summed E-state index contributed by atoms with van der Waals surface area (Å²) in [7, 11) is 0. The summed E-state index contributed by atoms with van der Waals surface area (Å²) < 4.78 is 66.7. The van der Waals surface area contributed by atoms with Gasteiger partial charge in [-0.25, -0.2) is 17.6 Å². The van der Waals surface area contributed by atoms with Gasteiger partial charge < -0.3 is 19.4 Å². The first-order valence-corrected chi connectivity index (χ1v) is 36.5. The molecule has 0 fully saturated rings. The molecule has 0 bridgehead atoms. The number of hydrogen-bond donors (Lipinski definition) is 0. The molecule has 16 aromatic rings. The standard InChI is InChI=1S/C101H67F4N3O/c1-3-66-18-55-86(56-19-66)109-87-57-30-72(31-58-87)100(71-28-32-73(102)33-29-71)94-13-7-4-10-88(94)91-59-52-83(62-97(91)100)106(80-46-34-74(103)35-47-80)77-42-24-69(25-43-77)70-26-44-79(45-27-70)108(82-50-38-76(105)39-51-82)85-54-61-93-90-12-6-9-15-96(90)101(99(93)64-85)95-14-8-5-11-89(95)92-60-53-84(63-98(92)101)107(81-48-36-75(104)37-49-81)78-40-22-68(23-41-78)67-20-16-65(2)17-21-67/h3-64H,1H2,2H3. The zero-order valence-electron chi connectivity index (χ0n) is 59.3. The Morgan fingerprint density at radius 2 is 0.514 bits per heavy atom. The number of anilines is 9. The SMILES string of the molecule is C=Cc1ccc(Oc2ccc(C3(c4ccc(F)cc4)c4ccccc4-c4ccc(N(c5ccc(F)cc5)c5ccc(-c6ccc(N(c7ccc(F)cc7)c7ccc8c(c7)C7(c9ccccc9-c9ccc(N(c%10ccc(F)cc%10)c%10ccc(-c%11ccc(C)cc%11)cc%10)cc97)c7ccccc7-8)cc6)cc5)cc43)cc2)cc1. The van der Waals surface area contributed by atoms with E-state index < -0.39 is 10.8 Å². The fourth-order valence-corrected chi connectivity index (χ4v) is 17.1. The van der Waals surface area contributed by atoms with Crippen molar-refractivity contribution in [2.24, 2.45) is 0 Å². The number of fused-ring (bicyclic) bond motifs is 13. The van der Waals surface area contributed by atoms with Crippen LogP contribution >= 0.6 is 0 Å². The number of ether oxygens (including phenoxy) is 1. The number of rotatable bonds is 16. The zero-order chi connectivity index (χ0) is 73.5. The van der Waals surface area contributed by atoms with Crippen molar-refractivity contribution < 1.29 is 22.3 Å². The van der Waals surface area contributed by atoms with E-state index in [4.69, 9.17) is 4.74 Å². The van der Waals surface area contributed by atoms with Gasteiger partial charge in [-0.2, -0.15) is 0 Å². The average molecular weight is 1410 g/mol. The molecule has 520 valence electrons. The van der Waals surface area contributed by atoms with Crippen LogP contribution in [-0.4, -0.2) is 0 Å². The molecule has 0 aliphatic heterocycles. The fourth-order valence-electron chi connectivity index (χ4n) is 17.1. The molecule has 0 saturated heterocycles. The summed E-state index contributed by atoms with van der Waals surface area (Å²) in [6.07, 6.45) is 1.80. The summed E-state index contributed by atoms with van der Waals surface area (Å²) in [4.78, 5) is 6.56. The Hall–Kier alpha value is -13.8. The number of halogens is 4. The lowest BCUT2D eigenvalue weighted by Crippen LogP contribution is -2.28. The lowest BCUT2D eigenvalue weighted by Gasteiger charge is -2.35. The van der Waals surface area contributed by atoms with Crippen molar-refractivity contribution in [1.82, 2.24) is 0 Å². The van der Waals surface area contributed by atoms with Gasteiger partial charge in [-0.1, -0.05) is 206 Å². The van der Waals surface area contributed by atoms with E-state index in [0.29, 0.717) is 11.5 Å². The molecule has 0 saturated carbocycles. The van der Waals surface area contributed by atoms with Crippen LogP contribution in [0.2, 0.25) is 0 Å². The first-order valence-electron chi connectivity index (χ1n) is 36.5. The third kappa shape index (κ3) is 11.1. The average Bonchev–Trinajstić information content (AvgIpc) is 1.51. The Labute approximate surface area is 630 Å². The van der Waals surface area contributed by atoms with Gasteiger partial charge in [0.05, 0.1) is 10.8 Å². The van der Waals surface area contributed by atoms with Gasteiger partial charge in [-0.15, -0.1) is 0 Å². The highest BCUT2D eigenvalue weighted by atomic mass is 19.1. The van der Waals surface area contributed by atoms with Gasteiger partial charge in [0.25, 0.3) is 0 Å². The Morgan fingerprint density at radius 1 is 0.257 bits per heavy atom. The molecule has 0 N–H and O–H groups in total. The van der Waals surface area contributed by atoms with Gasteiger partial charge in [0.2, 0.25) is 0 Å². The van der Waals surface area contributed by atoms with Crippen LogP contribution in [0, 0.1) is 30.2 Å². The van der Waals surface area contributed by atoms with E-state index >= 15 is 13.2 Å². The van der Waals surface area contributed by atoms with Crippen LogP contribution in [-0.2, 0) is 10.8 Å². The number of hydrogen-bond acceptors (Lipinski definition) is 4. The van der Waals surface area contributed by atoms with Gasteiger partial charge in [0.15, 0.2) is 0 Å². The minimum absolute atomic E-state index is 0.312. The monoisotopic (exact) mass is 1410 g/mol. The lowest BCUT2D eigenvalue weighted by molar-refractivity contribution is 0.482. The third-order valence-electron chi connectivity index (χ3n) is 22.1. The smallest absolute Gasteiger partial charge is 0.127 e. The predicted octanol–water partition coefficient (Wildman–Crippen LogP) is 27.4. The fraction of sp³-hybridized carbons (Fsp3) is 0.0297. The van der Waals surface area contributed by atoms with E-state index in [1.165, 1.54) is 65.2 Å². The Balaban J connectivity index is 0.691. The van der Waals surface area contributed by atoms with Crippen molar-refractivity contribution in [3.05, 3.63) is 456 Å². The number of nitrogens with zero attached hydrogens (tertiary/aromatic N) is 3. The zero-order valence-corrected chi connectivity index (χ0v) is 59.3. The van der Waals surface area contributed by atoms with Crippen molar-refractivity contribution >= 4 is 57.3 Å².